The van der Waals surface area contributed by atoms with Crippen LogP contribution in [0.2, 0.25) is 5.02 Å². The largest absolute Gasteiger partial charge is 0.496 e. The van der Waals surface area contributed by atoms with Crippen LogP contribution in [-0.2, 0) is 0 Å². The monoisotopic (exact) mass is 467 g/mol. The highest BCUT2D eigenvalue weighted by Crippen LogP contribution is 2.32. The summed E-state index contributed by atoms with van der Waals surface area (Å²) in [4.78, 5) is 17.2. The smallest absolute Gasteiger partial charge is 0.261 e. The predicted octanol–water partition coefficient (Wildman–Crippen LogP) is 5.29. The van der Waals surface area contributed by atoms with Crippen LogP contribution < -0.4 is 20.1 Å². The quantitative estimate of drug-likeness (QED) is 0.385. The van der Waals surface area contributed by atoms with E-state index < -0.39 is 5.91 Å². The van der Waals surface area contributed by atoms with Crippen LogP contribution in [0.3, 0.4) is 0 Å². The molecule has 0 unspecified atom stereocenters. The highest BCUT2D eigenvalue weighted by atomic mass is 35.5. The Labute approximate surface area is 194 Å². The molecule has 1 amide bonds. The second kappa shape index (κ2) is 9.25. The van der Waals surface area contributed by atoms with Crippen molar-refractivity contribution in [3.8, 4) is 23.0 Å². The average Bonchev–Trinajstić information content (AvgIpc) is 3.23. The SMILES string of the molecule is COc1ccc(-c2nc3ccccc3o2)cc1NC(=S)NC(=O)c1cc(Cl)ccc1OC. The number of oxazole rings is 1. The standard InChI is InChI=1S/C23H18ClN3O4S/c1-29-18-10-8-14(24)12-15(18)21(28)27-23(32)26-17-11-13(7-9-19(17)30-2)22-25-16-5-3-4-6-20(16)31-22/h3-12H,1-2H3,(H2,26,27,28,32). The van der Waals surface area contributed by atoms with Crippen molar-refractivity contribution in [2.45, 2.75) is 0 Å². The zero-order valence-corrected chi connectivity index (χ0v) is 18.7. The normalized spacial score (nSPS) is 10.6. The molecule has 0 aliphatic carbocycles. The molecule has 4 rings (SSSR count). The number of para-hydroxylation sites is 2. The Balaban J connectivity index is 1.56. The molecule has 0 aliphatic rings. The fourth-order valence-corrected chi connectivity index (χ4v) is 3.49. The van der Waals surface area contributed by atoms with Gasteiger partial charge in [-0.3, -0.25) is 10.1 Å². The van der Waals surface area contributed by atoms with Gasteiger partial charge in [-0.05, 0) is 60.7 Å². The first kappa shape index (κ1) is 21.6. The maximum absolute atomic E-state index is 12.7. The molecule has 0 radical (unpaired) electrons. The van der Waals surface area contributed by atoms with Gasteiger partial charge in [0.05, 0.1) is 25.5 Å². The number of carbonyl (C=O) groups excluding carboxylic acids is 1. The molecule has 0 fully saturated rings. The molecule has 0 atom stereocenters. The molecule has 162 valence electrons. The minimum Gasteiger partial charge on any atom is -0.496 e. The van der Waals surface area contributed by atoms with Crippen LogP contribution in [0.15, 0.2) is 65.1 Å². The van der Waals surface area contributed by atoms with Gasteiger partial charge in [-0.1, -0.05) is 23.7 Å². The Morgan fingerprint density at radius 1 is 1.03 bits per heavy atom. The van der Waals surface area contributed by atoms with Gasteiger partial charge >= 0.3 is 0 Å². The van der Waals surface area contributed by atoms with E-state index in [-0.39, 0.29) is 10.7 Å². The number of aromatic nitrogens is 1. The molecule has 0 bridgehead atoms. The minimum absolute atomic E-state index is 0.0741. The molecule has 0 aliphatic heterocycles. The van der Waals surface area contributed by atoms with Crippen molar-refractivity contribution in [2.24, 2.45) is 0 Å². The van der Waals surface area contributed by atoms with Crippen LogP contribution in [0.25, 0.3) is 22.6 Å². The number of amides is 1. The Bertz CT molecular complexity index is 1290. The second-order valence-corrected chi connectivity index (χ2v) is 7.50. The highest BCUT2D eigenvalue weighted by molar-refractivity contribution is 7.80. The van der Waals surface area contributed by atoms with Crippen molar-refractivity contribution in [3.63, 3.8) is 0 Å². The summed E-state index contributed by atoms with van der Waals surface area (Å²) >= 11 is 11.3. The summed E-state index contributed by atoms with van der Waals surface area (Å²) in [5.74, 6) is 0.901. The third-order valence-corrected chi connectivity index (χ3v) is 5.06. The zero-order chi connectivity index (χ0) is 22.7. The molecule has 4 aromatic rings. The van der Waals surface area contributed by atoms with E-state index >= 15 is 0 Å². The third kappa shape index (κ3) is 4.51. The molecule has 7 nitrogen and oxygen atoms in total. The van der Waals surface area contributed by atoms with E-state index in [2.05, 4.69) is 15.6 Å². The number of hydrogen-bond donors (Lipinski definition) is 2. The van der Waals surface area contributed by atoms with Crippen LogP contribution in [0, 0.1) is 0 Å². The number of nitrogens with zero attached hydrogens (tertiary/aromatic N) is 1. The molecule has 0 spiro atoms. The van der Waals surface area contributed by atoms with E-state index in [4.69, 9.17) is 37.7 Å². The van der Waals surface area contributed by atoms with Gasteiger partial charge in [0.15, 0.2) is 10.7 Å². The van der Waals surface area contributed by atoms with Crippen LogP contribution in [0.4, 0.5) is 5.69 Å². The van der Waals surface area contributed by atoms with E-state index in [0.29, 0.717) is 33.7 Å². The molecular weight excluding hydrogens is 450 g/mol. The van der Waals surface area contributed by atoms with Crippen molar-refractivity contribution in [3.05, 3.63) is 71.2 Å². The van der Waals surface area contributed by atoms with Crippen molar-refractivity contribution in [2.75, 3.05) is 19.5 Å². The highest BCUT2D eigenvalue weighted by Gasteiger charge is 2.16. The number of benzene rings is 3. The Morgan fingerprint density at radius 2 is 1.78 bits per heavy atom. The number of carbonyl (C=O) groups is 1. The number of rotatable bonds is 5. The lowest BCUT2D eigenvalue weighted by atomic mass is 10.2. The Kier molecular flexibility index (Phi) is 6.25. The van der Waals surface area contributed by atoms with Gasteiger partial charge < -0.3 is 19.2 Å². The first-order valence-electron chi connectivity index (χ1n) is 9.48. The van der Waals surface area contributed by atoms with E-state index in [1.165, 1.54) is 20.3 Å². The van der Waals surface area contributed by atoms with Gasteiger partial charge in [0, 0.05) is 10.6 Å². The second-order valence-electron chi connectivity index (χ2n) is 6.65. The average molecular weight is 468 g/mol. The molecule has 1 heterocycles. The lowest BCUT2D eigenvalue weighted by Crippen LogP contribution is -2.34. The number of halogens is 1. The maximum Gasteiger partial charge on any atom is 0.261 e. The topological polar surface area (TPSA) is 85.6 Å². The molecule has 0 saturated heterocycles. The van der Waals surface area contributed by atoms with Gasteiger partial charge in [-0.2, -0.15) is 0 Å². The molecule has 0 saturated carbocycles. The van der Waals surface area contributed by atoms with Crippen LogP contribution in [0.1, 0.15) is 10.4 Å². The predicted molar refractivity (Wildman–Crippen MR) is 128 cm³/mol. The summed E-state index contributed by atoms with van der Waals surface area (Å²) in [5.41, 5.74) is 2.96. The summed E-state index contributed by atoms with van der Waals surface area (Å²) in [6, 6.07) is 17.6. The summed E-state index contributed by atoms with van der Waals surface area (Å²) in [6.07, 6.45) is 0. The zero-order valence-electron chi connectivity index (χ0n) is 17.1. The van der Waals surface area contributed by atoms with Crippen molar-refractivity contribution in [1.29, 1.82) is 0 Å². The fraction of sp³-hybridized carbons (Fsp3) is 0.0870. The van der Waals surface area contributed by atoms with E-state index in [1.54, 1.807) is 24.3 Å². The number of methoxy groups -OCH3 is 2. The molecule has 1 aromatic heterocycles. The maximum atomic E-state index is 12.7. The van der Waals surface area contributed by atoms with Gasteiger partial charge in [-0.15, -0.1) is 0 Å². The lowest BCUT2D eigenvalue weighted by Gasteiger charge is -2.14. The van der Waals surface area contributed by atoms with E-state index in [1.807, 2.05) is 30.3 Å². The van der Waals surface area contributed by atoms with E-state index in [0.717, 1.165) is 11.1 Å². The van der Waals surface area contributed by atoms with Crippen molar-refractivity contribution >= 4 is 51.6 Å². The number of thiocarbonyl (C=S) groups is 1. The van der Waals surface area contributed by atoms with Gasteiger partial charge in [0.25, 0.3) is 5.91 Å². The Morgan fingerprint density at radius 3 is 2.53 bits per heavy atom. The lowest BCUT2D eigenvalue weighted by molar-refractivity contribution is 0.0974. The number of fused-ring (bicyclic) bond motifs is 1. The molecule has 3 aromatic carbocycles. The molecule has 2 N–H and O–H groups in total. The number of ether oxygens (including phenoxy) is 2. The fourth-order valence-electron chi connectivity index (χ4n) is 3.12. The van der Waals surface area contributed by atoms with Crippen molar-refractivity contribution in [1.82, 2.24) is 10.3 Å². The van der Waals surface area contributed by atoms with Crippen LogP contribution in [0.5, 0.6) is 11.5 Å². The molecule has 9 heteroatoms. The van der Waals surface area contributed by atoms with Crippen LogP contribution in [-0.4, -0.2) is 30.2 Å². The summed E-state index contributed by atoms with van der Waals surface area (Å²) in [5, 5.41) is 6.10. The van der Waals surface area contributed by atoms with E-state index in [9.17, 15) is 4.79 Å². The molecule has 32 heavy (non-hydrogen) atoms. The summed E-state index contributed by atoms with van der Waals surface area (Å²) in [7, 11) is 3.01. The first-order valence-corrected chi connectivity index (χ1v) is 10.3. The van der Waals surface area contributed by atoms with Gasteiger partial charge in [0.2, 0.25) is 5.89 Å². The molecular formula is C23H18ClN3O4S. The number of anilines is 1. The third-order valence-electron chi connectivity index (χ3n) is 4.62. The van der Waals surface area contributed by atoms with Crippen molar-refractivity contribution < 1.29 is 18.7 Å². The van der Waals surface area contributed by atoms with Gasteiger partial charge in [0.1, 0.15) is 17.0 Å². The minimum atomic E-state index is -0.462. The Hall–Kier alpha value is -3.62. The van der Waals surface area contributed by atoms with Gasteiger partial charge in [-0.25, -0.2) is 4.98 Å². The summed E-state index contributed by atoms with van der Waals surface area (Å²) in [6.45, 7) is 0. The summed E-state index contributed by atoms with van der Waals surface area (Å²) < 4.78 is 16.5. The number of nitrogens with one attached hydrogen (secondary N) is 2. The number of hydrogen-bond acceptors (Lipinski definition) is 6. The first-order chi connectivity index (χ1) is 15.5. The van der Waals surface area contributed by atoms with Crippen LogP contribution >= 0.6 is 23.8 Å².